The van der Waals surface area contributed by atoms with Crippen LogP contribution < -0.4 is 10.1 Å². The minimum atomic E-state index is -0.872. The van der Waals surface area contributed by atoms with Crippen molar-refractivity contribution in [3.05, 3.63) is 59.2 Å². The van der Waals surface area contributed by atoms with Crippen molar-refractivity contribution in [1.82, 2.24) is 0 Å². The van der Waals surface area contributed by atoms with E-state index in [1.165, 1.54) is 31.4 Å². The van der Waals surface area contributed by atoms with E-state index >= 15 is 0 Å². The monoisotopic (exact) mass is 302 g/mol. The summed E-state index contributed by atoms with van der Waals surface area (Å²) in [5.74, 6) is -0.131. The van der Waals surface area contributed by atoms with Crippen molar-refractivity contribution >= 4 is 23.5 Å². The largest absolute Gasteiger partial charge is 0.496 e. The van der Waals surface area contributed by atoms with Crippen LogP contribution in [0.4, 0.5) is 14.5 Å². The number of para-hydroxylation sites is 1. The quantitative estimate of drug-likeness (QED) is 0.849. The third-order valence-corrected chi connectivity index (χ3v) is 2.91. The number of ether oxygens (including phenoxy) is 1. The molecule has 0 fully saturated rings. The van der Waals surface area contributed by atoms with Crippen LogP contribution in [-0.4, -0.2) is 18.9 Å². The minimum Gasteiger partial charge on any atom is -0.496 e. The molecule has 0 aliphatic carbocycles. The summed E-state index contributed by atoms with van der Waals surface area (Å²) in [5, 5.41) is 9.10. The Morgan fingerprint density at radius 1 is 1.27 bits per heavy atom. The predicted molar refractivity (Wildman–Crippen MR) is 79.5 cm³/mol. The lowest BCUT2D eigenvalue weighted by atomic mass is 10.1. The summed E-state index contributed by atoms with van der Waals surface area (Å²) >= 11 is 0. The molecule has 0 radical (unpaired) electrons. The lowest BCUT2D eigenvalue weighted by Gasteiger charge is -2.11. The van der Waals surface area contributed by atoms with Gasteiger partial charge in [0.2, 0.25) is 0 Å². The van der Waals surface area contributed by atoms with Crippen LogP contribution in [0.5, 0.6) is 5.75 Å². The van der Waals surface area contributed by atoms with E-state index in [0.29, 0.717) is 5.56 Å². The Hall–Kier alpha value is -2.98. The molecule has 0 aliphatic rings. The first-order valence-electron chi connectivity index (χ1n) is 6.25. The maximum atomic E-state index is 13.6. The van der Waals surface area contributed by atoms with Crippen LogP contribution in [0.1, 0.15) is 15.9 Å². The second-order valence-electron chi connectivity index (χ2n) is 4.30. The number of carbonyl (C=O) groups is 1. The van der Waals surface area contributed by atoms with Gasteiger partial charge in [-0.2, -0.15) is 0 Å². The Balaban J connectivity index is 2.40. The number of carbonyl (C=O) groups excluding carboxylic acids is 1. The Morgan fingerprint density at radius 3 is 2.55 bits per heavy atom. The van der Waals surface area contributed by atoms with Crippen molar-refractivity contribution in [2.75, 3.05) is 12.4 Å². The molecule has 0 heterocycles. The fourth-order valence-corrected chi connectivity index (χ4v) is 1.87. The second-order valence-corrected chi connectivity index (χ2v) is 4.30. The molecule has 0 aromatic heterocycles. The van der Waals surface area contributed by atoms with Crippen LogP contribution >= 0.6 is 0 Å². The summed E-state index contributed by atoms with van der Waals surface area (Å²) in [4.78, 5) is 12.2. The molecule has 0 saturated heterocycles. The first-order chi connectivity index (χ1) is 10.6. The van der Waals surface area contributed by atoms with Gasteiger partial charge in [-0.25, -0.2) is 8.78 Å². The van der Waals surface area contributed by atoms with Crippen LogP contribution in [0.15, 0.2) is 36.4 Å². The average Bonchev–Trinajstić information content (AvgIpc) is 2.51. The minimum absolute atomic E-state index is 0.0918. The molecule has 2 aromatic carbocycles. The van der Waals surface area contributed by atoms with Crippen LogP contribution in [0.25, 0.3) is 6.08 Å². The third-order valence-electron chi connectivity index (χ3n) is 2.91. The van der Waals surface area contributed by atoms with E-state index in [0.717, 1.165) is 12.1 Å². The third kappa shape index (κ3) is 3.19. The van der Waals surface area contributed by atoms with E-state index in [1.54, 1.807) is 6.07 Å². The number of hydrogen-bond donors (Lipinski definition) is 2. The molecular weight excluding hydrogens is 290 g/mol. The van der Waals surface area contributed by atoms with Crippen LogP contribution in [0.2, 0.25) is 0 Å². The fraction of sp³-hybridized carbons (Fsp3) is 0.0625. The van der Waals surface area contributed by atoms with Crippen LogP contribution in [0, 0.1) is 17.0 Å². The van der Waals surface area contributed by atoms with Gasteiger partial charge in [0.1, 0.15) is 23.1 Å². The molecule has 6 heteroatoms. The highest BCUT2D eigenvalue weighted by molar-refractivity contribution is 6.06. The predicted octanol–water partition coefficient (Wildman–Crippen LogP) is 3.49. The first-order valence-corrected chi connectivity index (χ1v) is 6.25. The van der Waals surface area contributed by atoms with E-state index < -0.39 is 23.2 Å². The van der Waals surface area contributed by atoms with Crippen molar-refractivity contribution < 1.29 is 18.3 Å². The lowest BCUT2D eigenvalue weighted by molar-refractivity contribution is 0.102. The number of nitrogens with one attached hydrogen (secondary N) is 2. The zero-order chi connectivity index (χ0) is 16.1. The molecule has 0 atom stereocenters. The van der Waals surface area contributed by atoms with Crippen molar-refractivity contribution in [2.24, 2.45) is 0 Å². The molecule has 0 saturated carbocycles. The highest BCUT2D eigenvalue weighted by atomic mass is 19.1. The van der Waals surface area contributed by atoms with Gasteiger partial charge in [0.05, 0.1) is 12.7 Å². The molecule has 2 aromatic rings. The number of amides is 1. The van der Waals surface area contributed by atoms with E-state index in [9.17, 15) is 13.6 Å². The molecule has 0 spiro atoms. The van der Waals surface area contributed by atoms with Crippen molar-refractivity contribution in [2.45, 2.75) is 0 Å². The Morgan fingerprint density at radius 2 is 1.95 bits per heavy atom. The van der Waals surface area contributed by atoms with E-state index in [2.05, 4.69) is 11.2 Å². The van der Waals surface area contributed by atoms with Gasteiger partial charge in [0.15, 0.2) is 0 Å². The molecule has 22 heavy (non-hydrogen) atoms. The number of hydrogen-bond acceptors (Lipinski definition) is 3. The van der Waals surface area contributed by atoms with Gasteiger partial charge in [0, 0.05) is 6.08 Å². The number of anilines is 1. The molecular formula is C16H12F2N2O2. The maximum absolute atomic E-state index is 13.6. The fourth-order valence-electron chi connectivity index (χ4n) is 1.87. The van der Waals surface area contributed by atoms with Gasteiger partial charge in [-0.15, -0.1) is 0 Å². The molecule has 1 amide bonds. The molecule has 0 unspecified atom stereocenters. The highest BCUT2D eigenvalue weighted by Crippen LogP contribution is 2.24. The number of benzene rings is 2. The van der Waals surface area contributed by atoms with Gasteiger partial charge >= 0.3 is 0 Å². The number of rotatable bonds is 4. The molecule has 0 bridgehead atoms. The van der Waals surface area contributed by atoms with Gasteiger partial charge in [-0.3, -0.25) is 10.2 Å². The summed E-state index contributed by atoms with van der Waals surface area (Å²) in [5.41, 5.74) is 0.103. The summed E-state index contributed by atoms with van der Waals surface area (Å²) in [6, 6.07) is 7.88. The standard InChI is InChI=1S/C16H12F2N2O2/c1-22-14-6-5-10(7-8-19)9-11(14)16(21)20-15-12(17)3-2-4-13(15)18/h2-7,9,19H,1H3,(H,20,21). The Labute approximate surface area is 125 Å². The zero-order valence-corrected chi connectivity index (χ0v) is 11.6. The number of methoxy groups -OCH3 is 1. The Kier molecular flexibility index (Phi) is 4.66. The summed E-state index contributed by atoms with van der Waals surface area (Å²) in [6.07, 6.45) is 1.35. The van der Waals surface area contributed by atoms with E-state index in [4.69, 9.17) is 10.1 Å². The van der Waals surface area contributed by atoms with Gasteiger partial charge in [-0.05, 0) is 35.7 Å². The summed E-state index contributed by atoms with van der Waals surface area (Å²) < 4.78 is 32.2. The first kappa shape index (κ1) is 15.4. The normalized spacial score (nSPS) is 9.77. The van der Waals surface area contributed by atoms with Crippen molar-refractivity contribution in [3.8, 4) is 5.75 Å². The van der Waals surface area contributed by atoms with Gasteiger partial charge < -0.3 is 10.1 Å². The van der Waals surface area contributed by atoms with Crippen molar-refractivity contribution in [3.63, 3.8) is 0 Å². The van der Waals surface area contributed by atoms with E-state index in [1.807, 2.05) is 0 Å². The zero-order valence-electron chi connectivity index (χ0n) is 11.6. The number of halogens is 2. The van der Waals surface area contributed by atoms with E-state index in [-0.39, 0.29) is 11.3 Å². The maximum Gasteiger partial charge on any atom is 0.259 e. The smallest absolute Gasteiger partial charge is 0.259 e. The molecule has 0 aliphatic heterocycles. The molecule has 4 nitrogen and oxygen atoms in total. The highest BCUT2D eigenvalue weighted by Gasteiger charge is 2.17. The lowest BCUT2D eigenvalue weighted by Crippen LogP contribution is -2.15. The molecule has 2 N–H and O–H groups in total. The molecule has 112 valence electrons. The van der Waals surface area contributed by atoms with Gasteiger partial charge in [0.25, 0.3) is 5.91 Å². The van der Waals surface area contributed by atoms with Crippen molar-refractivity contribution in [1.29, 1.82) is 5.41 Å². The van der Waals surface area contributed by atoms with Gasteiger partial charge in [-0.1, -0.05) is 12.1 Å². The Bertz CT molecular complexity index is 748. The average molecular weight is 302 g/mol. The summed E-state index contributed by atoms with van der Waals surface area (Å²) in [6.45, 7) is 0. The SMILES string of the molecule is COc1ccc(C=C=N)cc1C(=O)Nc1c(F)cccc1F. The topological polar surface area (TPSA) is 62.2 Å². The summed E-state index contributed by atoms with van der Waals surface area (Å²) in [7, 11) is 1.38. The molecule has 2 rings (SSSR count). The van der Waals surface area contributed by atoms with Crippen LogP contribution in [0.3, 0.4) is 0 Å². The van der Waals surface area contributed by atoms with Crippen LogP contribution in [-0.2, 0) is 0 Å². The second kappa shape index (κ2) is 6.65.